The van der Waals surface area contributed by atoms with Crippen LogP contribution in [0.5, 0.6) is 0 Å². The fourth-order valence-electron chi connectivity index (χ4n) is 0.594. The first kappa shape index (κ1) is 12.0. The molecule has 12 heavy (non-hydrogen) atoms. The van der Waals surface area contributed by atoms with E-state index in [4.69, 9.17) is 0 Å². The van der Waals surface area contributed by atoms with Gasteiger partial charge in [0, 0.05) is 14.9 Å². The maximum atomic E-state index is 10.8. The van der Waals surface area contributed by atoms with Gasteiger partial charge in [0.25, 0.3) is 9.74 Å². The number of ketones is 1. The molecule has 0 aromatic carbocycles. The first-order valence-electron chi connectivity index (χ1n) is 3.64. The van der Waals surface area contributed by atoms with Gasteiger partial charge >= 0.3 is 0 Å². The predicted octanol–water partition coefficient (Wildman–Crippen LogP) is 0.882. The molecule has 72 valence electrons. The SMILES string of the molecule is CCCCC(=O)COS(=O)(=O)P. The highest BCUT2D eigenvalue weighted by Crippen LogP contribution is 2.03. The first-order chi connectivity index (χ1) is 5.45. The van der Waals surface area contributed by atoms with E-state index in [2.05, 4.69) is 4.18 Å². The van der Waals surface area contributed by atoms with E-state index in [1.807, 2.05) is 6.92 Å². The van der Waals surface area contributed by atoms with E-state index in [9.17, 15) is 13.2 Å². The molecule has 0 aromatic heterocycles. The van der Waals surface area contributed by atoms with Crippen LogP contribution in [0.15, 0.2) is 0 Å². The van der Waals surface area contributed by atoms with Crippen LogP contribution in [0, 0.1) is 0 Å². The van der Waals surface area contributed by atoms with E-state index in [-0.39, 0.29) is 12.4 Å². The summed E-state index contributed by atoms with van der Waals surface area (Å²) in [4.78, 5) is 10.8. The van der Waals surface area contributed by atoms with E-state index >= 15 is 0 Å². The van der Waals surface area contributed by atoms with Crippen LogP contribution in [0.4, 0.5) is 0 Å². The molecule has 0 rings (SSSR count). The van der Waals surface area contributed by atoms with Gasteiger partial charge in [0.15, 0.2) is 5.78 Å². The molecular formula is C6H13O4PS. The molecule has 0 aromatic rings. The van der Waals surface area contributed by atoms with Crippen LogP contribution in [0.2, 0.25) is 0 Å². The molecule has 0 spiro atoms. The van der Waals surface area contributed by atoms with Crippen molar-refractivity contribution in [1.82, 2.24) is 0 Å². The Balaban J connectivity index is 3.58. The number of hydrogen-bond donors (Lipinski definition) is 0. The number of carbonyl (C=O) groups excluding carboxylic acids is 1. The van der Waals surface area contributed by atoms with E-state index < -0.39 is 9.74 Å². The summed E-state index contributed by atoms with van der Waals surface area (Å²) in [6.45, 7) is 1.62. The number of Topliss-reactive ketones (excluding diaryl/α,β-unsaturated/α-hetero) is 1. The van der Waals surface area contributed by atoms with Crippen LogP contribution in [-0.4, -0.2) is 20.8 Å². The monoisotopic (exact) mass is 212 g/mol. The zero-order valence-corrected chi connectivity index (χ0v) is 8.92. The summed E-state index contributed by atoms with van der Waals surface area (Å²) in [6.07, 6.45) is 2.08. The Morgan fingerprint density at radius 1 is 1.50 bits per heavy atom. The fourth-order valence-corrected chi connectivity index (χ4v) is 1.09. The zero-order valence-electron chi connectivity index (χ0n) is 6.95. The summed E-state index contributed by atoms with van der Waals surface area (Å²) in [5.41, 5.74) is 0. The molecule has 0 aliphatic rings. The minimum absolute atomic E-state index is 0.178. The molecule has 1 atom stereocenters. The lowest BCUT2D eigenvalue weighted by atomic mass is 10.2. The minimum Gasteiger partial charge on any atom is -0.297 e. The lowest BCUT2D eigenvalue weighted by molar-refractivity contribution is -0.121. The molecule has 0 aliphatic heterocycles. The Hall–Kier alpha value is 0.01000. The number of carbonyl (C=O) groups is 1. The average Bonchev–Trinajstić information content (AvgIpc) is 1.95. The van der Waals surface area contributed by atoms with Gasteiger partial charge in [-0.1, -0.05) is 13.3 Å². The third-order valence-electron chi connectivity index (χ3n) is 1.19. The quantitative estimate of drug-likeness (QED) is 0.613. The lowest BCUT2D eigenvalue weighted by Crippen LogP contribution is -2.09. The highest BCUT2D eigenvalue weighted by Gasteiger charge is 2.06. The third kappa shape index (κ3) is 8.11. The molecule has 0 heterocycles. The maximum absolute atomic E-state index is 10.8. The predicted molar refractivity (Wildman–Crippen MR) is 49.1 cm³/mol. The molecule has 0 fully saturated rings. The van der Waals surface area contributed by atoms with Gasteiger partial charge < -0.3 is 0 Å². The van der Waals surface area contributed by atoms with E-state index in [1.54, 1.807) is 0 Å². The molecule has 0 saturated carbocycles. The number of hydrogen-bond acceptors (Lipinski definition) is 4. The first-order valence-corrected chi connectivity index (χ1v) is 6.53. The molecule has 0 saturated heterocycles. The Kier molecular flexibility index (Phi) is 5.63. The van der Waals surface area contributed by atoms with Gasteiger partial charge in [-0.2, -0.15) is 8.42 Å². The van der Waals surface area contributed by atoms with Gasteiger partial charge in [-0.3, -0.25) is 8.98 Å². The zero-order chi connectivity index (χ0) is 9.61. The van der Waals surface area contributed by atoms with Crippen LogP contribution in [0.1, 0.15) is 26.2 Å². The van der Waals surface area contributed by atoms with Crippen LogP contribution in [0.25, 0.3) is 0 Å². The van der Waals surface area contributed by atoms with Crippen LogP contribution in [0.3, 0.4) is 0 Å². The average molecular weight is 212 g/mol. The van der Waals surface area contributed by atoms with Crippen molar-refractivity contribution >= 4 is 24.0 Å². The minimum atomic E-state index is -3.55. The highest BCUT2D eigenvalue weighted by atomic mass is 32.7. The van der Waals surface area contributed by atoms with E-state index in [0.717, 1.165) is 12.8 Å². The topological polar surface area (TPSA) is 60.4 Å². The second-order valence-electron chi connectivity index (χ2n) is 2.40. The Bertz CT molecular complexity index is 234. The van der Waals surface area contributed by atoms with Crippen LogP contribution in [-0.2, 0) is 18.7 Å². The molecule has 0 N–H and O–H groups in total. The normalized spacial score (nSPS) is 11.5. The van der Waals surface area contributed by atoms with Crippen LogP contribution < -0.4 is 0 Å². The summed E-state index contributed by atoms with van der Waals surface area (Å²) in [5.74, 6) is -0.178. The fraction of sp³-hybridized carbons (Fsp3) is 0.833. The Morgan fingerprint density at radius 3 is 2.50 bits per heavy atom. The molecular weight excluding hydrogens is 199 g/mol. The standard InChI is InChI=1S/C6H13O4PS/c1-2-3-4-6(7)5-10-12(8,9)11/h2-5,11H2,1H3. The molecule has 6 heteroatoms. The van der Waals surface area contributed by atoms with Gasteiger partial charge in [0.2, 0.25) is 0 Å². The molecule has 0 bridgehead atoms. The van der Waals surface area contributed by atoms with Gasteiger partial charge in [-0.25, -0.2) is 0 Å². The molecule has 0 radical (unpaired) electrons. The van der Waals surface area contributed by atoms with Crippen molar-refractivity contribution in [2.75, 3.05) is 6.61 Å². The van der Waals surface area contributed by atoms with Gasteiger partial charge in [0.05, 0.1) is 0 Å². The van der Waals surface area contributed by atoms with Crippen molar-refractivity contribution in [3.8, 4) is 0 Å². The van der Waals surface area contributed by atoms with Crippen molar-refractivity contribution in [1.29, 1.82) is 0 Å². The maximum Gasteiger partial charge on any atom is 0.277 e. The smallest absolute Gasteiger partial charge is 0.277 e. The molecule has 0 amide bonds. The van der Waals surface area contributed by atoms with Crippen molar-refractivity contribution in [2.24, 2.45) is 0 Å². The molecule has 1 unspecified atom stereocenters. The Morgan fingerprint density at radius 2 is 2.08 bits per heavy atom. The van der Waals surface area contributed by atoms with Gasteiger partial charge in [-0.05, 0) is 6.42 Å². The summed E-state index contributed by atoms with van der Waals surface area (Å²) in [7, 11) is -2.02. The molecule has 4 nitrogen and oxygen atoms in total. The summed E-state index contributed by atoms with van der Waals surface area (Å²) >= 11 is 0. The van der Waals surface area contributed by atoms with E-state index in [0.29, 0.717) is 6.42 Å². The third-order valence-corrected chi connectivity index (χ3v) is 2.05. The number of unbranched alkanes of at least 4 members (excludes halogenated alkanes) is 1. The van der Waals surface area contributed by atoms with Crippen LogP contribution >= 0.6 is 8.44 Å². The Labute approximate surface area is 74.8 Å². The lowest BCUT2D eigenvalue weighted by Gasteiger charge is -1.98. The van der Waals surface area contributed by atoms with Gasteiger partial charge in [-0.15, -0.1) is 0 Å². The summed E-state index contributed by atoms with van der Waals surface area (Å²) in [6, 6.07) is 0. The van der Waals surface area contributed by atoms with Crippen molar-refractivity contribution in [2.45, 2.75) is 26.2 Å². The molecule has 0 aliphatic carbocycles. The summed E-state index contributed by atoms with van der Waals surface area (Å²) < 4.78 is 25.1. The van der Waals surface area contributed by atoms with Crippen molar-refractivity contribution in [3.63, 3.8) is 0 Å². The van der Waals surface area contributed by atoms with Crippen molar-refractivity contribution in [3.05, 3.63) is 0 Å². The highest BCUT2D eigenvalue weighted by molar-refractivity contribution is 8.34. The van der Waals surface area contributed by atoms with Crippen molar-refractivity contribution < 1.29 is 17.4 Å². The summed E-state index contributed by atoms with van der Waals surface area (Å²) in [5, 5.41) is 0. The second kappa shape index (κ2) is 5.62. The van der Waals surface area contributed by atoms with Gasteiger partial charge in [0.1, 0.15) is 6.61 Å². The van der Waals surface area contributed by atoms with E-state index in [1.165, 1.54) is 8.44 Å². The number of rotatable bonds is 6. The second-order valence-corrected chi connectivity index (χ2v) is 5.35. The largest absolute Gasteiger partial charge is 0.297 e.